The number of esters is 1. The molecule has 0 radical (unpaired) electrons. The molecule has 7 heteroatoms. The number of hydrogen-bond donors (Lipinski definition) is 1. The molecule has 1 atom stereocenters. The van der Waals surface area contributed by atoms with E-state index in [9.17, 15) is 9.59 Å². The highest BCUT2D eigenvalue weighted by Gasteiger charge is 2.15. The lowest BCUT2D eigenvalue weighted by atomic mass is 10.2. The van der Waals surface area contributed by atoms with E-state index in [1.165, 1.54) is 13.3 Å². The molecule has 1 heterocycles. The fourth-order valence-electron chi connectivity index (χ4n) is 1.87. The van der Waals surface area contributed by atoms with Gasteiger partial charge in [0.1, 0.15) is 0 Å². The molecule has 1 unspecified atom stereocenters. The van der Waals surface area contributed by atoms with Gasteiger partial charge in [-0.05, 0) is 31.2 Å². The number of methoxy groups -OCH3 is 1. The summed E-state index contributed by atoms with van der Waals surface area (Å²) in [6.45, 7) is 1.73. The molecule has 0 aliphatic rings. The van der Waals surface area contributed by atoms with Gasteiger partial charge < -0.3 is 10.1 Å². The van der Waals surface area contributed by atoms with Crippen molar-refractivity contribution >= 4 is 23.5 Å². The van der Waals surface area contributed by atoms with Gasteiger partial charge in [0, 0.05) is 17.3 Å². The highest BCUT2D eigenvalue weighted by molar-refractivity contribution is 6.30. The van der Waals surface area contributed by atoms with Crippen LogP contribution in [0, 0.1) is 0 Å². The zero-order chi connectivity index (χ0) is 16.1. The van der Waals surface area contributed by atoms with E-state index in [0.29, 0.717) is 10.6 Å². The van der Waals surface area contributed by atoms with Gasteiger partial charge in [0.2, 0.25) is 0 Å². The van der Waals surface area contributed by atoms with Crippen LogP contribution in [-0.2, 0) is 9.53 Å². The topological polar surface area (TPSA) is 73.2 Å². The van der Waals surface area contributed by atoms with Crippen LogP contribution in [0.1, 0.15) is 23.7 Å². The van der Waals surface area contributed by atoms with Crippen LogP contribution in [0.5, 0.6) is 0 Å². The number of aromatic nitrogens is 2. The smallest absolute Gasteiger partial charge is 0.307 e. The monoisotopic (exact) mass is 321 g/mol. The maximum absolute atomic E-state index is 12.1. The van der Waals surface area contributed by atoms with Crippen LogP contribution in [-0.4, -0.2) is 34.8 Å². The minimum absolute atomic E-state index is 0.119. The van der Waals surface area contributed by atoms with Crippen molar-refractivity contribution < 1.29 is 14.3 Å². The lowest BCUT2D eigenvalue weighted by Crippen LogP contribution is -2.34. The molecule has 22 heavy (non-hydrogen) atoms. The predicted molar refractivity (Wildman–Crippen MR) is 82.1 cm³/mol. The number of amides is 1. The lowest BCUT2D eigenvalue weighted by Gasteiger charge is -2.11. The van der Waals surface area contributed by atoms with E-state index in [2.05, 4.69) is 15.2 Å². The maximum atomic E-state index is 12.1. The first-order chi connectivity index (χ1) is 10.5. The van der Waals surface area contributed by atoms with Crippen LogP contribution in [0.4, 0.5) is 0 Å². The quantitative estimate of drug-likeness (QED) is 0.857. The first-order valence-corrected chi connectivity index (χ1v) is 7.05. The second-order valence-corrected chi connectivity index (χ2v) is 5.24. The number of rotatable bonds is 5. The molecule has 0 saturated carbocycles. The Labute approximate surface area is 133 Å². The van der Waals surface area contributed by atoms with Gasteiger partial charge in [0.05, 0.1) is 31.0 Å². The number of ether oxygens (including phenoxy) is 1. The minimum Gasteiger partial charge on any atom is -0.469 e. The number of nitrogens with zero attached hydrogens (tertiary/aromatic N) is 2. The lowest BCUT2D eigenvalue weighted by molar-refractivity contribution is -0.141. The molecular weight excluding hydrogens is 306 g/mol. The van der Waals surface area contributed by atoms with Gasteiger partial charge in [0.25, 0.3) is 5.91 Å². The van der Waals surface area contributed by atoms with E-state index >= 15 is 0 Å². The molecule has 0 bridgehead atoms. The van der Waals surface area contributed by atoms with Crippen molar-refractivity contribution in [3.8, 4) is 5.69 Å². The van der Waals surface area contributed by atoms with Crippen molar-refractivity contribution in [1.82, 2.24) is 15.1 Å². The molecule has 0 spiro atoms. The van der Waals surface area contributed by atoms with Gasteiger partial charge >= 0.3 is 5.97 Å². The van der Waals surface area contributed by atoms with E-state index in [1.807, 2.05) is 0 Å². The molecular formula is C15H16ClN3O3. The third-order valence-electron chi connectivity index (χ3n) is 3.01. The summed E-state index contributed by atoms with van der Waals surface area (Å²) in [6, 6.07) is 6.78. The number of carbonyl (C=O) groups excluding carboxylic acids is 2. The van der Waals surface area contributed by atoms with Crippen LogP contribution in [0.3, 0.4) is 0 Å². The molecule has 2 rings (SSSR count). The van der Waals surface area contributed by atoms with Crippen LogP contribution >= 0.6 is 11.6 Å². The molecule has 1 amide bonds. The number of halogens is 1. The van der Waals surface area contributed by atoms with E-state index < -0.39 is 0 Å². The largest absolute Gasteiger partial charge is 0.469 e. The van der Waals surface area contributed by atoms with Gasteiger partial charge in [-0.3, -0.25) is 9.59 Å². The Morgan fingerprint density at radius 1 is 1.36 bits per heavy atom. The normalized spacial score (nSPS) is 11.8. The van der Waals surface area contributed by atoms with E-state index in [1.54, 1.807) is 42.1 Å². The average Bonchev–Trinajstić information content (AvgIpc) is 2.97. The first-order valence-electron chi connectivity index (χ1n) is 6.68. The average molecular weight is 322 g/mol. The third-order valence-corrected chi connectivity index (χ3v) is 3.27. The molecule has 1 aromatic heterocycles. The van der Waals surface area contributed by atoms with Crippen molar-refractivity contribution in [1.29, 1.82) is 0 Å². The van der Waals surface area contributed by atoms with Crippen molar-refractivity contribution in [2.75, 3.05) is 7.11 Å². The Balaban J connectivity index is 2.03. The van der Waals surface area contributed by atoms with Gasteiger partial charge in [0.15, 0.2) is 0 Å². The highest BCUT2D eigenvalue weighted by atomic mass is 35.5. The molecule has 0 fully saturated rings. The van der Waals surface area contributed by atoms with Crippen LogP contribution < -0.4 is 5.32 Å². The Hall–Kier alpha value is -2.34. The van der Waals surface area contributed by atoms with Gasteiger partial charge in [-0.25, -0.2) is 4.68 Å². The summed E-state index contributed by atoms with van der Waals surface area (Å²) in [6.07, 6.45) is 3.20. The molecule has 2 aromatic rings. The summed E-state index contributed by atoms with van der Waals surface area (Å²) in [5.74, 6) is -0.665. The van der Waals surface area contributed by atoms with E-state index in [4.69, 9.17) is 11.6 Å². The fraction of sp³-hybridized carbons (Fsp3) is 0.267. The van der Waals surface area contributed by atoms with Crippen LogP contribution in [0.2, 0.25) is 5.02 Å². The van der Waals surface area contributed by atoms with Crippen LogP contribution in [0.25, 0.3) is 5.69 Å². The Kier molecular flexibility index (Phi) is 5.16. The van der Waals surface area contributed by atoms with Gasteiger partial charge in [-0.15, -0.1) is 0 Å². The van der Waals surface area contributed by atoms with Crippen molar-refractivity contribution in [3.05, 3.63) is 47.2 Å². The second kappa shape index (κ2) is 7.09. The van der Waals surface area contributed by atoms with E-state index in [0.717, 1.165) is 5.69 Å². The standard InChI is InChI=1S/C15H16ClN3O3/c1-10(7-14(20)22-2)18-15(21)11-8-17-19(9-11)13-5-3-12(16)4-6-13/h3-6,8-10H,7H2,1-2H3,(H,18,21). The Morgan fingerprint density at radius 3 is 2.68 bits per heavy atom. The molecule has 1 N–H and O–H groups in total. The number of nitrogens with one attached hydrogen (secondary N) is 1. The third kappa shape index (κ3) is 4.08. The Bertz CT molecular complexity index is 667. The molecule has 1 aromatic carbocycles. The van der Waals surface area contributed by atoms with Gasteiger partial charge in [-0.1, -0.05) is 11.6 Å². The summed E-state index contributed by atoms with van der Waals surface area (Å²) < 4.78 is 6.14. The summed E-state index contributed by atoms with van der Waals surface area (Å²) in [5.41, 5.74) is 1.21. The Morgan fingerprint density at radius 2 is 2.05 bits per heavy atom. The molecule has 116 valence electrons. The molecule has 0 aliphatic heterocycles. The zero-order valence-electron chi connectivity index (χ0n) is 12.2. The van der Waals surface area contributed by atoms with Crippen molar-refractivity contribution in [2.45, 2.75) is 19.4 Å². The van der Waals surface area contributed by atoms with Crippen molar-refractivity contribution in [2.24, 2.45) is 0 Å². The van der Waals surface area contributed by atoms with Crippen molar-refractivity contribution in [3.63, 3.8) is 0 Å². The summed E-state index contributed by atoms with van der Waals surface area (Å²) in [7, 11) is 1.31. The first kappa shape index (κ1) is 16.0. The second-order valence-electron chi connectivity index (χ2n) is 4.80. The summed E-state index contributed by atoms with van der Waals surface area (Å²) in [4.78, 5) is 23.2. The van der Waals surface area contributed by atoms with Gasteiger partial charge in [-0.2, -0.15) is 5.10 Å². The maximum Gasteiger partial charge on any atom is 0.307 e. The number of benzene rings is 1. The predicted octanol–water partition coefficient (Wildman–Crippen LogP) is 2.21. The highest BCUT2D eigenvalue weighted by Crippen LogP contribution is 2.13. The summed E-state index contributed by atoms with van der Waals surface area (Å²) >= 11 is 5.83. The molecule has 6 nitrogen and oxygen atoms in total. The summed E-state index contributed by atoms with van der Waals surface area (Å²) in [5, 5.41) is 7.49. The van der Waals surface area contributed by atoms with Crippen LogP contribution in [0.15, 0.2) is 36.7 Å². The molecule has 0 saturated heterocycles. The van der Waals surface area contributed by atoms with E-state index in [-0.39, 0.29) is 24.3 Å². The minimum atomic E-state index is -0.371. The number of hydrogen-bond acceptors (Lipinski definition) is 4. The fourth-order valence-corrected chi connectivity index (χ4v) is 1.99. The zero-order valence-corrected chi connectivity index (χ0v) is 13.0. The number of carbonyl (C=O) groups is 2. The SMILES string of the molecule is COC(=O)CC(C)NC(=O)c1cnn(-c2ccc(Cl)cc2)c1. The molecule has 0 aliphatic carbocycles.